The van der Waals surface area contributed by atoms with E-state index in [1.54, 1.807) is 0 Å². The highest BCUT2D eigenvalue weighted by Gasteiger charge is 2.35. The molecule has 0 N–H and O–H groups in total. The maximum Gasteiger partial charge on any atom is 0.419 e. The molecule has 3 nitrogen and oxygen atoms in total. The molecule has 1 saturated carbocycles. The van der Waals surface area contributed by atoms with E-state index in [1.807, 2.05) is 18.4 Å². The van der Waals surface area contributed by atoms with Crippen LogP contribution in [-0.2, 0) is 19.1 Å². The zero-order valence-corrected chi connectivity index (χ0v) is 15.2. The van der Waals surface area contributed by atoms with Gasteiger partial charge in [0.05, 0.1) is 11.1 Å². The average molecular weight is 386 g/mol. The minimum absolute atomic E-state index is 0.410. The molecule has 1 aromatic carbocycles. The molecule has 26 heavy (non-hydrogen) atoms. The number of carbonyl (C=O) groups is 1. The summed E-state index contributed by atoms with van der Waals surface area (Å²) in [5.74, 6) is -2.04. The number of aryl methyl sites for hydroxylation is 1. The summed E-state index contributed by atoms with van der Waals surface area (Å²) >= 11 is 1.33. The summed E-state index contributed by atoms with van der Waals surface area (Å²) in [6.07, 6.45) is -1.87. The van der Waals surface area contributed by atoms with Gasteiger partial charge in [0.2, 0.25) is 0 Å². The Hall–Kier alpha value is -1.96. The zero-order valence-electron chi connectivity index (χ0n) is 14.4. The van der Waals surface area contributed by atoms with Crippen molar-refractivity contribution in [2.45, 2.75) is 45.8 Å². The van der Waals surface area contributed by atoms with Crippen LogP contribution in [0, 0.1) is 18.7 Å². The van der Waals surface area contributed by atoms with E-state index in [9.17, 15) is 22.4 Å². The molecule has 0 spiro atoms. The van der Waals surface area contributed by atoms with Crippen LogP contribution in [0.15, 0.2) is 23.2 Å². The molecule has 1 aliphatic carbocycles. The van der Waals surface area contributed by atoms with Crippen LogP contribution in [0.1, 0.15) is 46.3 Å². The highest BCUT2D eigenvalue weighted by molar-refractivity contribution is 7.09. The van der Waals surface area contributed by atoms with Crippen LogP contribution in [0.5, 0.6) is 0 Å². The number of benzene rings is 1. The van der Waals surface area contributed by atoms with E-state index in [1.165, 1.54) is 11.3 Å². The molecule has 0 bridgehead atoms. The molecule has 1 fully saturated rings. The van der Waals surface area contributed by atoms with Gasteiger partial charge in [-0.05, 0) is 44.2 Å². The molecule has 0 aliphatic heterocycles. The van der Waals surface area contributed by atoms with Gasteiger partial charge >= 0.3 is 6.18 Å². The molecule has 1 aromatic heterocycles. The zero-order chi connectivity index (χ0) is 19.1. The number of halogens is 4. The fourth-order valence-corrected chi connectivity index (χ4v) is 3.85. The molecular weight excluding hydrogens is 368 g/mol. The van der Waals surface area contributed by atoms with Crippen molar-refractivity contribution in [3.63, 3.8) is 0 Å². The minimum atomic E-state index is -4.86. The first kappa shape index (κ1) is 18.8. The van der Waals surface area contributed by atoms with Crippen LogP contribution in [0.3, 0.4) is 0 Å². The lowest BCUT2D eigenvalue weighted by Gasteiger charge is -2.09. The summed E-state index contributed by atoms with van der Waals surface area (Å²) in [6, 6.07) is 2.66. The Labute approximate surface area is 152 Å². The maximum absolute atomic E-state index is 14.2. The number of nitrogens with zero attached hydrogens (tertiary/aromatic N) is 2. The molecule has 1 aliphatic rings. The SMILES string of the molecule is CCc1sc(=NC(=O)c2cccc(C(F)(F)F)c2F)n(CC2CC2)c1C. The van der Waals surface area contributed by atoms with Crippen LogP contribution >= 0.6 is 11.3 Å². The molecule has 0 atom stereocenters. The average Bonchev–Trinajstić information content (AvgIpc) is 3.34. The molecule has 0 unspecified atom stereocenters. The Morgan fingerprint density at radius 3 is 2.62 bits per heavy atom. The molecule has 1 amide bonds. The quantitative estimate of drug-likeness (QED) is 0.700. The van der Waals surface area contributed by atoms with Crippen molar-refractivity contribution in [1.29, 1.82) is 0 Å². The van der Waals surface area contributed by atoms with Crippen molar-refractivity contribution >= 4 is 17.2 Å². The van der Waals surface area contributed by atoms with Gasteiger partial charge in [-0.1, -0.05) is 13.0 Å². The normalized spacial score (nSPS) is 15.5. The van der Waals surface area contributed by atoms with Gasteiger partial charge in [0.15, 0.2) is 4.80 Å². The second-order valence-corrected chi connectivity index (χ2v) is 7.44. The highest BCUT2D eigenvalue weighted by Crippen LogP contribution is 2.33. The van der Waals surface area contributed by atoms with Crippen LogP contribution in [0.4, 0.5) is 17.6 Å². The van der Waals surface area contributed by atoms with E-state index in [2.05, 4.69) is 4.99 Å². The van der Waals surface area contributed by atoms with E-state index in [0.29, 0.717) is 16.8 Å². The molecule has 0 saturated heterocycles. The van der Waals surface area contributed by atoms with Gasteiger partial charge in [-0.2, -0.15) is 18.2 Å². The molecule has 0 radical (unpaired) electrons. The minimum Gasteiger partial charge on any atom is -0.320 e. The Balaban J connectivity index is 2.04. The number of amides is 1. The number of thiazole rings is 1. The van der Waals surface area contributed by atoms with Crippen molar-refractivity contribution in [2.75, 3.05) is 0 Å². The van der Waals surface area contributed by atoms with Gasteiger partial charge in [0.25, 0.3) is 5.91 Å². The fraction of sp³-hybridized carbons (Fsp3) is 0.444. The molecule has 140 valence electrons. The number of rotatable bonds is 4. The maximum atomic E-state index is 14.2. The summed E-state index contributed by atoms with van der Waals surface area (Å²) in [4.78, 5) is 17.8. The smallest absolute Gasteiger partial charge is 0.320 e. The van der Waals surface area contributed by atoms with Gasteiger partial charge in [-0.15, -0.1) is 11.3 Å². The van der Waals surface area contributed by atoms with Gasteiger partial charge in [0.1, 0.15) is 5.82 Å². The first-order valence-electron chi connectivity index (χ1n) is 8.36. The third-order valence-electron chi connectivity index (χ3n) is 4.44. The largest absolute Gasteiger partial charge is 0.419 e. The molecular formula is C18H18F4N2OS. The van der Waals surface area contributed by atoms with Crippen molar-refractivity contribution in [2.24, 2.45) is 10.9 Å². The summed E-state index contributed by atoms with van der Waals surface area (Å²) in [7, 11) is 0. The molecule has 2 aromatic rings. The topological polar surface area (TPSA) is 34.4 Å². The molecule has 1 heterocycles. The predicted octanol–water partition coefficient (Wildman–Crippen LogP) is 4.73. The lowest BCUT2D eigenvalue weighted by atomic mass is 10.1. The lowest BCUT2D eigenvalue weighted by molar-refractivity contribution is -0.140. The van der Waals surface area contributed by atoms with Crippen LogP contribution in [-0.4, -0.2) is 10.5 Å². The van der Waals surface area contributed by atoms with E-state index < -0.39 is 29.0 Å². The summed E-state index contributed by atoms with van der Waals surface area (Å²) in [5.41, 5.74) is -1.12. The Morgan fingerprint density at radius 2 is 2.04 bits per heavy atom. The molecule has 3 rings (SSSR count). The Kier molecular flexibility index (Phi) is 5.05. The summed E-state index contributed by atoms with van der Waals surface area (Å²) < 4.78 is 54.7. The van der Waals surface area contributed by atoms with Crippen molar-refractivity contribution in [1.82, 2.24) is 4.57 Å². The van der Waals surface area contributed by atoms with Crippen LogP contribution in [0.25, 0.3) is 0 Å². The third kappa shape index (κ3) is 3.75. The van der Waals surface area contributed by atoms with Crippen molar-refractivity contribution < 1.29 is 22.4 Å². The lowest BCUT2D eigenvalue weighted by Crippen LogP contribution is -2.20. The standard InChI is InChI=1S/C18H18F4N2OS/c1-3-14-10(2)24(9-11-7-8-11)17(26-14)23-16(25)12-5-4-6-13(15(12)19)18(20,21)22/h4-6,11H,3,7-9H2,1-2H3. The fourth-order valence-electron chi connectivity index (χ4n) is 2.78. The van der Waals surface area contributed by atoms with E-state index in [-0.39, 0.29) is 0 Å². The number of hydrogen-bond donors (Lipinski definition) is 0. The second kappa shape index (κ2) is 6.98. The van der Waals surface area contributed by atoms with Crippen LogP contribution in [0.2, 0.25) is 0 Å². The second-order valence-electron chi connectivity index (χ2n) is 6.38. The first-order chi connectivity index (χ1) is 12.2. The Bertz CT molecular complexity index is 907. The highest BCUT2D eigenvalue weighted by atomic mass is 32.1. The van der Waals surface area contributed by atoms with Crippen molar-refractivity contribution in [3.05, 3.63) is 50.5 Å². The van der Waals surface area contributed by atoms with Gasteiger partial charge in [-0.25, -0.2) is 4.39 Å². The summed E-state index contributed by atoms with van der Waals surface area (Å²) in [6.45, 7) is 4.64. The number of carbonyl (C=O) groups excluding carboxylic acids is 1. The predicted molar refractivity (Wildman–Crippen MR) is 90.4 cm³/mol. The number of hydrogen-bond acceptors (Lipinski definition) is 2. The van der Waals surface area contributed by atoms with E-state index >= 15 is 0 Å². The van der Waals surface area contributed by atoms with E-state index in [4.69, 9.17) is 0 Å². The summed E-state index contributed by atoms with van der Waals surface area (Å²) in [5, 5.41) is 0. The number of alkyl halides is 3. The van der Waals surface area contributed by atoms with Gasteiger partial charge < -0.3 is 4.57 Å². The monoisotopic (exact) mass is 386 g/mol. The first-order valence-corrected chi connectivity index (χ1v) is 9.17. The van der Waals surface area contributed by atoms with Gasteiger partial charge in [-0.3, -0.25) is 4.79 Å². The Morgan fingerprint density at radius 1 is 1.35 bits per heavy atom. The van der Waals surface area contributed by atoms with E-state index in [0.717, 1.165) is 48.5 Å². The van der Waals surface area contributed by atoms with Crippen molar-refractivity contribution in [3.8, 4) is 0 Å². The number of aromatic nitrogens is 1. The van der Waals surface area contributed by atoms with Gasteiger partial charge in [0, 0.05) is 17.1 Å². The molecule has 8 heteroatoms. The third-order valence-corrected chi connectivity index (χ3v) is 5.77. The van der Waals surface area contributed by atoms with Crippen LogP contribution < -0.4 is 4.80 Å².